The van der Waals surface area contributed by atoms with Gasteiger partial charge in [-0.2, -0.15) is 0 Å². The number of carbonyl (C=O) groups is 2. The van der Waals surface area contributed by atoms with Crippen molar-refractivity contribution >= 4 is 11.8 Å². The average molecular weight is 377 g/mol. The van der Waals surface area contributed by atoms with Crippen LogP contribution >= 0.6 is 0 Å². The lowest BCUT2D eigenvalue weighted by molar-refractivity contribution is -0.124. The standard InChI is InChI=1S/C23H27N3O2/c24-21(27)18-9-6-10-19(15-18)23(11-12-23)22(28)25-20(16-26-13-4-5-14-26)17-7-2-1-3-8-17/h1-3,6-10,15,20H,4-5,11-14,16H2,(H2,24,27)(H,25,28)/t20-/m1/s1. The number of hydrogen-bond acceptors (Lipinski definition) is 3. The highest BCUT2D eigenvalue weighted by atomic mass is 16.2. The Balaban J connectivity index is 1.55. The molecule has 0 spiro atoms. The summed E-state index contributed by atoms with van der Waals surface area (Å²) in [6.45, 7) is 3.00. The number of nitrogens with one attached hydrogen (secondary N) is 1. The molecular formula is C23H27N3O2. The van der Waals surface area contributed by atoms with Crippen molar-refractivity contribution in [3.63, 3.8) is 0 Å². The van der Waals surface area contributed by atoms with Crippen molar-refractivity contribution in [2.24, 2.45) is 5.73 Å². The molecule has 0 aromatic heterocycles. The molecular weight excluding hydrogens is 350 g/mol. The van der Waals surface area contributed by atoms with Crippen LogP contribution in [0.15, 0.2) is 54.6 Å². The van der Waals surface area contributed by atoms with Crippen LogP contribution in [0.1, 0.15) is 53.2 Å². The number of nitrogens with two attached hydrogens (primary N) is 1. The van der Waals surface area contributed by atoms with Crippen molar-refractivity contribution in [3.05, 3.63) is 71.3 Å². The molecule has 3 N–H and O–H groups in total. The normalized spacial score (nSPS) is 19.1. The zero-order chi connectivity index (χ0) is 19.6. The van der Waals surface area contributed by atoms with Gasteiger partial charge in [-0.05, 0) is 62.0 Å². The predicted octanol–water partition coefficient (Wildman–Crippen LogP) is 2.77. The monoisotopic (exact) mass is 377 g/mol. The maximum atomic E-state index is 13.3. The minimum Gasteiger partial charge on any atom is -0.366 e. The van der Waals surface area contributed by atoms with Gasteiger partial charge < -0.3 is 16.0 Å². The van der Waals surface area contributed by atoms with Crippen molar-refractivity contribution in [1.29, 1.82) is 0 Å². The third-order valence-corrected chi connectivity index (χ3v) is 6.03. The molecule has 2 aromatic rings. The maximum absolute atomic E-state index is 13.3. The highest BCUT2D eigenvalue weighted by molar-refractivity contribution is 5.95. The topological polar surface area (TPSA) is 75.4 Å². The average Bonchev–Trinajstić information content (AvgIpc) is 3.38. The molecule has 4 rings (SSSR count). The molecule has 0 bridgehead atoms. The molecule has 1 aliphatic heterocycles. The molecule has 5 nitrogen and oxygen atoms in total. The fourth-order valence-corrected chi connectivity index (χ4v) is 4.18. The summed E-state index contributed by atoms with van der Waals surface area (Å²) in [5.74, 6) is -0.420. The third-order valence-electron chi connectivity index (χ3n) is 6.03. The second-order valence-corrected chi connectivity index (χ2v) is 7.97. The highest BCUT2D eigenvalue weighted by Crippen LogP contribution is 2.49. The zero-order valence-corrected chi connectivity index (χ0v) is 16.1. The minimum absolute atomic E-state index is 0.0383. The number of amides is 2. The molecule has 1 aliphatic carbocycles. The Labute approximate surface area is 165 Å². The quantitative estimate of drug-likeness (QED) is 0.779. The minimum atomic E-state index is -0.538. The predicted molar refractivity (Wildman–Crippen MR) is 109 cm³/mol. The van der Waals surface area contributed by atoms with Crippen molar-refractivity contribution in [2.45, 2.75) is 37.1 Å². The van der Waals surface area contributed by atoms with Crippen LogP contribution in [0.3, 0.4) is 0 Å². The molecule has 2 amide bonds. The van der Waals surface area contributed by atoms with Crippen molar-refractivity contribution in [2.75, 3.05) is 19.6 Å². The number of hydrogen-bond donors (Lipinski definition) is 2. The van der Waals surface area contributed by atoms with Crippen molar-refractivity contribution in [1.82, 2.24) is 10.2 Å². The second kappa shape index (κ2) is 7.76. The van der Waals surface area contributed by atoms with E-state index in [4.69, 9.17) is 5.73 Å². The van der Waals surface area contributed by atoms with Gasteiger partial charge in [0.2, 0.25) is 11.8 Å². The van der Waals surface area contributed by atoms with E-state index in [1.54, 1.807) is 12.1 Å². The number of nitrogens with zero attached hydrogens (tertiary/aromatic N) is 1. The molecule has 1 saturated heterocycles. The molecule has 2 aromatic carbocycles. The van der Waals surface area contributed by atoms with Crippen molar-refractivity contribution < 1.29 is 9.59 Å². The van der Waals surface area contributed by atoms with Crippen LogP contribution < -0.4 is 11.1 Å². The summed E-state index contributed by atoms with van der Waals surface area (Å²) < 4.78 is 0. The molecule has 146 valence electrons. The van der Waals surface area contributed by atoms with Gasteiger partial charge in [0.25, 0.3) is 0 Å². The van der Waals surface area contributed by atoms with Gasteiger partial charge in [0.05, 0.1) is 11.5 Å². The number of carbonyl (C=O) groups excluding carboxylic acids is 2. The van der Waals surface area contributed by atoms with Crippen LogP contribution in [-0.2, 0) is 10.2 Å². The molecule has 1 atom stereocenters. The van der Waals surface area contributed by atoms with E-state index >= 15 is 0 Å². The molecule has 2 aliphatic rings. The van der Waals surface area contributed by atoms with Crippen LogP contribution in [0.25, 0.3) is 0 Å². The first kappa shape index (κ1) is 18.7. The van der Waals surface area contributed by atoms with Gasteiger partial charge in [-0.3, -0.25) is 9.59 Å². The van der Waals surface area contributed by atoms with Crippen LogP contribution in [0.4, 0.5) is 0 Å². The molecule has 1 heterocycles. The zero-order valence-electron chi connectivity index (χ0n) is 16.1. The molecule has 0 unspecified atom stereocenters. The summed E-state index contributed by atoms with van der Waals surface area (Å²) in [6, 6.07) is 17.3. The third kappa shape index (κ3) is 3.80. The first-order valence-electron chi connectivity index (χ1n) is 10.1. The highest BCUT2D eigenvalue weighted by Gasteiger charge is 2.51. The van der Waals surface area contributed by atoms with Gasteiger partial charge >= 0.3 is 0 Å². The second-order valence-electron chi connectivity index (χ2n) is 7.97. The van der Waals surface area contributed by atoms with Crippen LogP contribution in [-0.4, -0.2) is 36.3 Å². The summed E-state index contributed by atoms with van der Waals surface area (Å²) in [5.41, 5.74) is 7.35. The molecule has 2 fully saturated rings. The SMILES string of the molecule is NC(=O)c1cccc(C2(C(=O)N[C@H](CN3CCCC3)c3ccccc3)CC2)c1. The van der Waals surface area contributed by atoms with Gasteiger partial charge in [-0.1, -0.05) is 42.5 Å². The van der Waals surface area contributed by atoms with Gasteiger partial charge in [0.1, 0.15) is 0 Å². The molecule has 0 radical (unpaired) electrons. The van der Waals surface area contributed by atoms with Gasteiger partial charge in [-0.25, -0.2) is 0 Å². The Bertz CT molecular complexity index is 855. The van der Waals surface area contributed by atoms with Crippen molar-refractivity contribution in [3.8, 4) is 0 Å². The van der Waals surface area contributed by atoms with Gasteiger partial charge in [-0.15, -0.1) is 0 Å². The van der Waals surface area contributed by atoms with E-state index in [9.17, 15) is 9.59 Å². The lowest BCUT2D eigenvalue weighted by atomic mass is 9.92. The number of benzene rings is 2. The van der Waals surface area contributed by atoms with E-state index in [1.165, 1.54) is 12.8 Å². The van der Waals surface area contributed by atoms with Gasteiger partial charge in [0, 0.05) is 12.1 Å². The van der Waals surface area contributed by atoms with E-state index < -0.39 is 11.3 Å². The van der Waals surface area contributed by atoms with Crippen LogP contribution in [0, 0.1) is 0 Å². The van der Waals surface area contributed by atoms with E-state index in [1.807, 2.05) is 30.3 Å². The Morgan fingerprint density at radius 2 is 1.75 bits per heavy atom. The lowest BCUT2D eigenvalue weighted by Crippen LogP contribution is -2.42. The molecule has 1 saturated carbocycles. The fourth-order valence-electron chi connectivity index (χ4n) is 4.18. The largest absolute Gasteiger partial charge is 0.366 e. The summed E-state index contributed by atoms with van der Waals surface area (Å²) in [5, 5.41) is 3.31. The van der Waals surface area contributed by atoms with Crippen LogP contribution in [0.5, 0.6) is 0 Å². The Morgan fingerprint density at radius 1 is 1.04 bits per heavy atom. The van der Waals surface area contributed by atoms with E-state index in [0.29, 0.717) is 5.56 Å². The lowest BCUT2D eigenvalue weighted by Gasteiger charge is -2.27. The molecule has 28 heavy (non-hydrogen) atoms. The number of primary amides is 1. The number of likely N-dealkylation sites (tertiary alicyclic amines) is 1. The number of rotatable bonds is 7. The van der Waals surface area contributed by atoms with E-state index in [-0.39, 0.29) is 11.9 Å². The Kier molecular flexibility index (Phi) is 5.18. The van der Waals surface area contributed by atoms with Gasteiger partial charge in [0.15, 0.2) is 0 Å². The van der Waals surface area contributed by atoms with E-state index in [0.717, 1.165) is 43.6 Å². The summed E-state index contributed by atoms with van der Waals surface area (Å²) >= 11 is 0. The fraction of sp³-hybridized carbons (Fsp3) is 0.391. The van der Waals surface area contributed by atoms with Crippen LogP contribution in [0.2, 0.25) is 0 Å². The summed E-state index contributed by atoms with van der Waals surface area (Å²) in [4.78, 5) is 27.3. The summed E-state index contributed by atoms with van der Waals surface area (Å²) in [7, 11) is 0. The molecule has 5 heteroatoms. The summed E-state index contributed by atoms with van der Waals surface area (Å²) in [6.07, 6.45) is 4.04. The maximum Gasteiger partial charge on any atom is 0.248 e. The smallest absolute Gasteiger partial charge is 0.248 e. The van der Waals surface area contributed by atoms with E-state index in [2.05, 4.69) is 22.3 Å². The Morgan fingerprint density at radius 3 is 2.39 bits per heavy atom. The first-order valence-corrected chi connectivity index (χ1v) is 10.1. The Hall–Kier alpha value is -2.66. The first-order chi connectivity index (χ1) is 13.6.